The van der Waals surface area contributed by atoms with E-state index in [2.05, 4.69) is 17.1 Å². The van der Waals surface area contributed by atoms with E-state index in [-0.39, 0.29) is 0 Å². The third kappa shape index (κ3) is 4.89. The van der Waals surface area contributed by atoms with E-state index in [9.17, 15) is 0 Å². The van der Waals surface area contributed by atoms with Crippen LogP contribution >= 0.6 is 0 Å². The standard InChI is InChI=1S/C16H32N2/c1-15-9-4-3-7-13-18(15)14-8-12-17-16-10-5-2-6-11-16/h15-17H,2-14H2,1H3. The van der Waals surface area contributed by atoms with Gasteiger partial charge in [-0.05, 0) is 58.7 Å². The van der Waals surface area contributed by atoms with Gasteiger partial charge in [0, 0.05) is 12.1 Å². The van der Waals surface area contributed by atoms with Crippen molar-refractivity contribution in [2.24, 2.45) is 0 Å². The number of nitrogens with one attached hydrogen (secondary N) is 1. The molecule has 1 unspecified atom stereocenters. The highest BCUT2D eigenvalue weighted by Gasteiger charge is 2.16. The lowest BCUT2D eigenvalue weighted by atomic mass is 9.95. The summed E-state index contributed by atoms with van der Waals surface area (Å²) in [6, 6.07) is 1.66. The van der Waals surface area contributed by atoms with Gasteiger partial charge in [-0.3, -0.25) is 0 Å². The van der Waals surface area contributed by atoms with E-state index in [0.717, 1.165) is 12.1 Å². The predicted octanol–water partition coefficient (Wildman–Crippen LogP) is 3.56. The van der Waals surface area contributed by atoms with Gasteiger partial charge in [-0.15, -0.1) is 0 Å². The van der Waals surface area contributed by atoms with Crippen molar-refractivity contribution in [3.8, 4) is 0 Å². The Morgan fingerprint density at radius 2 is 1.67 bits per heavy atom. The molecule has 0 aromatic carbocycles. The second kappa shape index (κ2) is 8.16. The Balaban J connectivity index is 1.56. The summed E-state index contributed by atoms with van der Waals surface area (Å²) >= 11 is 0. The van der Waals surface area contributed by atoms with Crippen LogP contribution in [-0.4, -0.2) is 36.6 Å². The Labute approximate surface area is 114 Å². The van der Waals surface area contributed by atoms with Crippen LogP contribution in [0.3, 0.4) is 0 Å². The zero-order valence-electron chi connectivity index (χ0n) is 12.3. The Morgan fingerprint density at radius 1 is 0.944 bits per heavy atom. The molecule has 0 spiro atoms. The van der Waals surface area contributed by atoms with Gasteiger partial charge in [0.05, 0.1) is 0 Å². The second-order valence-electron chi connectivity index (χ2n) is 6.38. The van der Waals surface area contributed by atoms with Gasteiger partial charge in [0.15, 0.2) is 0 Å². The lowest BCUT2D eigenvalue weighted by Crippen LogP contribution is -2.37. The molecule has 0 aromatic rings. The predicted molar refractivity (Wildman–Crippen MR) is 79.0 cm³/mol. The molecule has 1 atom stereocenters. The normalized spacial score (nSPS) is 28.2. The molecule has 1 heterocycles. The molecule has 0 radical (unpaired) electrons. The second-order valence-corrected chi connectivity index (χ2v) is 6.38. The minimum Gasteiger partial charge on any atom is -0.314 e. The molecule has 0 amide bonds. The highest BCUT2D eigenvalue weighted by Crippen LogP contribution is 2.18. The Bertz CT molecular complexity index is 211. The van der Waals surface area contributed by atoms with E-state index in [1.807, 2.05) is 0 Å². The van der Waals surface area contributed by atoms with Gasteiger partial charge >= 0.3 is 0 Å². The molecule has 2 rings (SSSR count). The zero-order valence-corrected chi connectivity index (χ0v) is 12.3. The number of likely N-dealkylation sites (tertiary alicyclic amines) is 1. The third-order valence-electron chi connectivity index (χ3n) is 4.85. The maximum absolute atomic E-state index is 3.76. The first-order chi connectivity index (χ1) is 8.86. The SMILES string of the molecule is CC1CCCCCN1CCCNC1CCCCC1. The van der Waals surface area contributed by atoms with Gasteiger partial charge in [0.1, 0.15) is 0 Å². The molecule has 2 nitrogen and oxygen atoms in total. The van der Waals surface area contributed by atoms with Crippen LogP contribution in [0.15, 0.2) is 0 Å². The van der Waals surface area contributed by atoms with Crippen molar-refractivity contribution in [1.82, 2.24) is 10.2 Å². The quantitative estimate of drug-likeness (QED) is 0.753. The lowest BCUT2D eigenvalue weighted by Gasteiger charge is -2.28. The van der Waals surface area contributed by atoms with Crippen LogP contribution in [0.25, 0.3) is 0 Å². The molecular weight excluding hydrogens is 220 g/mol. The third-order valence-corrected chi connectivity index (χ3v) is 4.85. The summed E-state index contributed by atoms with van der Waals surface area (Å²) in [5, 5.41) is 3.76. The number of hydrogen-bond acceptors (Lipinski definition) is 2. The summed E-state index contributed by atoms with van der Waals surface area (Å²) in [5.41, 5.74) is 0. The molecule has 1 N–H and O–H groups in total. The maximum atomic E-state index is 3.76. The molecular formula is C16H32N2. The molecule has 1 aliphatic heterocycles. The van der Waals surface area contributed by atoms with Gasteiger partial charge in [-0.2, -0.15) is 0 Å². The molecule has 2 aliphatic rings. The van der Waals surface area contributed by atoms with Crippen molar-refractivity contribution < 1.29 is 0 Å². The van der Waals surface area contributed by atoms with Crippen LogP contribution in [0, 0.1) is 0 Å². The van der Waals surface area contributed by atoms with Crippen LogP contribution in [0.4, 0.5) is 0 Å². The summed E-state index contributed by atoms with van der Waals surface area (Å²) in [7, 11) is 0. The van der Waals surface area contributed by atoms with Crippen molar-refractivity contribution in [3.63, 3.8) is 0 Å². The van der Waals surface area contributed by atoms with E-state index in [1.165, 1.54) is 83.8 Å². The Kier molecular flexibility index (Phi) is 6.50. The smallest absolute Gasteiger partial charge is 0.00670 e. The van der Waals surface area contributed by atoms with Crippen molar-refractivity contribution in [3.05, 3.63) is 0 Å². The Morgan fingerprint density at radius 3 is 2.50 bits per heavy atom. The molecule has 1 saturated heterocycles. The van der Waals surface area contributed by atoms with Crippen LogP contribution in [0.2, 0.25) is 0 Å². The maximum Gasteiger partial charge on any atom is 0.00670 e. The van der Waals surface area contributed by atoms with E-state index in [4.69, 9.17) is 0 Å². The minimum atomic E-state index is 0.821. The summed E-state index contributed by atoms with van der Waals surface area (Å²) in [6.45, 7) is 6.29. The molecule has 0 bridgehead atoms. The van der Waals surface area contributed by atoms with Crippen molar-refractivity contribution in [2.75, 3.05) is 19.6 Å². The number of hydrogen-bond donors (Lipinski definition) is 1. The summed E-state index contributed by atoms with van der Waals surface area (Å²) in [6.07, 6.45) is 14.2. The molecule has 106 valence electrons. The van der Waals surface area contributed by atoms with Gasteiger partial charge in [-0.1, -0.05) is 32.1 Å². The summed E-state index contributed by atoms with van der Waals surface area (Å²) < 4.78 is 0. The van der Waals surface area contributed by atoms with Gasteiger partial charge in [0.2, 0.25) is 0 Å². The number of nitrogens with zero attached hydrogens (tertiary/aromatic N) is 1. The topological polar surface area (TPSA) is 15.3 Å². The van der Waals surface area contributed by atoms with Crippen LogP contribution in [0.5, 0.6) is 0 Å². The summed E-state index contributed by atoms with van der Waals surface area (Å²) in [4.78, 5) is 2.72. The fourth-order valence-corrected chi connectivity index (χ4v) is 3.56. The zero-order chi connectivity index (χ0) is 12.6. The molecule has 1 aliphatic carbocycles. The monoisotopic (exact) mass is 252 g/mol. The molecule has 0 aromatic heterocycles. The molecule has 18 heavy (non-hydrogen) atoms. The largest absolute Gasteiger partial charge is 0.314 e. The first-order valence-corrected chi connectivity index (χ1v) is 8.33. The van der Waals surface area contributed by atoms with Crippen LogP contribution < -0.4 is 5.32 Å². The van der Waals surface area contributed by atoms with Crippen molar-refractivity contribution in [1.29, 1.82) is 0 Å². The van der Waals surface area contributed by atoms with Crippen molar-refractivity contribution in [2.45, 2.75) is 83.2 Å². The van der Waals surface area contributed by atoms with Crippen molar-refractivity contribution >= 4 is 0 Å². The fraction of sp³-hybridized carbons (Fsp3) is 1.00. The first-order valence-electron chi connectivity index (χ1n) is 8.33. The average Bonchev–Trinajstić information content (AvgIpc) is 2.61. The van der Waals surface area contributed by atoms with E-state index >= 15 is 0 Å². The van der Waals surface area contributed by atoms with E-state index in [0.29, 0.717) is 0 Å². The Hall–Kier alpha value is -0.0800. The van der Waals surface area contributed by atoms with E-state index in [1.54, 1.807) is 0 Å². The van der Waals surface area contributed by atoms with Gasteiger partial charge in [-0.25, -0.2) is 0 Å². The molecule has 1 saturated carbocycles. The van der Waals surface area contributed by atoms with Crippen LogP contribution in [0.1, 0.15) is 71.1 Å². The van der Waals surface area contributed by atoms with Gasteiger partial charge < -0.3 is 10.2 Å². The average molecular weight is 252 g/mol. The number of rotatable bonds is 5. The highest BCUT2D eigenvalue weighted by molar-refractivity contribution is 4.74. The minimum absolute atomic E-state index is 0.821. The van der Waals surface area contributed by atoms with E-state index < -0.39 is 0 Å². The lowest BCUT2D eigenvalue weighted by molar-refractivity contribution is 0.208. The first kappa shape index (κ1) is 14.3. The highest BCUT2D eigenvalue weighted by atomic mass is 15.1. The molecule has 2 heteroatoms. The van der Waals surface area contributed by atoms with Gasteiger partial charge in [0.25, 0.3) is 0 Å². The van der Waals surface area contributed by atoms with Crippen LogP contribution in [-0.2, 0) is 0 Å². The fourth-order valence-electron chi connectivity index (χ4n) is 3.56. The summed E-state index contributed by atoms with van der Waals surface area (Å²) in [5.74, 6) is 0. The molecule has 2 fully saturated rings.